The molecule has 1 nitrogen and oxygen atoms in total. The lowest BCUT2D eigenvalue weighted by Gasteiger charge is -2.20. The second-order valence-corrected chi connectivity index (χ2v) is 6.29. The molecule has 1 fully saturated rings. The van der Waals surface area contributed by atoms with E-state index in [-0.39, 0.29) is 10.8 Å². The van der Waals surface area contributed by atoms with E-state index >= 15 is 0 Å². The highest BCUT2D eigenvalue weighted by Crippen LogP contribution is 2.28. The molecule has 0 amide bonds. The topological polar surface area (TPSA) is 12.0 Å². The summed E-state index contributed by atoms with van der Waals surface area (Å²) in [4.78, 5) is 0. The van der Waals surface area contributed by atoms with E-state index in [4.69, 9.17) is 11.6 Å². The third kappa shape index (κ3) is 3.62. The van der Waals surface area contributed by atoms with Crippen molar-refractivity contribution in [2.24, 2.45) is 5.92 Å². The summed E-state index contributed by atoms with van der Waals surface area (Å²) in [6.07, 6.45) is 2.14. The van der Waals surface area contributed by atoms with Crippen LogP contribution in [0.1, 0.15) is 18.9 Å². The Morgan fingerprint density at radius 1 is 1.44 bits per heavy atom. The molecule has 4 heteroatoms. The van der Waals surface area contributed by atoms with Crippen molar-refractivity contribution in [1.82, 2.24) is 5.32 Å². The molecular weight excluding hydrogens is 269 g/mol. The molecule has 2 rings (SSSR count). The summed E-state index contributed by atoms with van der Waals surface area (Å²) in [6, 6.07) is 5.66. The van der Waals surface area contributed by atoms with Crippen molar-refractivity contribution >= 4 is 23.4 Å². The minimum atomic E-state index is -0.332. The Kier molecular flexibility index (Phi) is 5.34. The molecule has 0 radical (unpaired) electrons. The second-order valence-electron chi connectivity index (χ2n) is 4.81. The van der Waals surface area contributed by atoms with E-state index in [1.54, 1.807) is 6.07 Å². The lowest BCUT2D eigenvalue weighted by Crippen LogP contribution is -2.36. The normalized spacial score (nSPS) is 23.5. The Hall–Kier alpha value is -0.250. The van der Waals surface area contributed by atoms with Crippen molar-refractivity contribution in [3.05, 3.63) is 34.6 Å². The van der Waals surface area contributed by atoms with Gasteiger partial charge < -0.3 is 5.32 Å². The first-order valence-corrected chi connectivity index (χ1v) is 7.99. The molecule has 1 aliphatic heterocycles. The lowest BCUT2D eigenvalue weighted by molar-refractivity contribution is 0.425. The Labute approximate surface area is 117 Å². The molecule has 0 spiro atoms. The fourth-order valence-corrected chi connectivity index (χ4v) is 3.96. The number of nitrogens with one attached hydrogen (secondary N) is 1. The van der Waals surface area contributed by atoms with Gasteiger partial charge in [0.2, 0.25) is 0 Å². The second kappa shape index (κ2) is 6.78. The van der Waals surface area contributed by atoms with Crippen LogP contribution in [-0.4, -0.2) is 24.1 Å². The first-order valence-electron chi connectivity index (χ1n) is 6.45. The smallest absolute Gasteiger partial charge is 0.141 e. The number of benzene rings is 1. The first-order chi connectivity index (χ1) is 8.70. The molecule has 1 aromatic carbocycles. The molecular formula is C14H19ClFNS. The van der Waals surface area contributed by atoms with Crippen molar-refractivity contribution in [1.29, 1.82) is 0 Å². The minimum absolute atomic E-state index is 0.233. The van der Waals surface area contributed by atoms with Crippen LogP contribution in [0.15, 0.2) is 18.2 Å². The molecule has 0 aliphatic carbocycles. The van der Waals surface area contributed by atoms with Crippen LogP contribution >= 0.6 is 23.4 Å². The standard InChI is InChI=1S/C14H19ClFNS/c1-2-5-17-14-9-18-8-11(14)6-10-3-4-13(16)12(15)7-10/h3-4,7,11,14,17H,2,5-6,8-9H2,1H3. The van der Waals surface area contributed by atoms with Crippen molar-refractivity contribution in [3.8, 4) is 0 Å². The third-order valence-corrected chi connectivity index (χ3v) is 4.89. The van der Waals surface area contributed by atoms with E-state index < -0.39 is 0 Å². The molecule has 0 saturated carbocycles. The third-order valence-electron chi connectivity index (χ3n) is 3.34. The van der Waals surface area contributed by atoms with Gasteiger partial charge in [0.25, 0.3) is 0 Å². The van der Waals surface area contributed by atoms with Gasteiger partial charge in [-0.15, -0.1) is 0 Å². The summed E-state index contributed by atoms with van der Waals surface area (Å²) in [7, 11) is 0. The highest BCUT2D eigenvalue weighted by atomic mass is 35.5. The van der Waals surface area contributed by atoms with E-state index in [9.17, 15) is 4.39 Å². The van der Waals surface area contributed by atoms with Crippen molar-refractivity contribution in [2.45, 2.75) is 25.8 Å². The van der Waals surface area contributed by atoms with Gasteiger partial charge in [0.15, 0.2) is 0 Å². The molecule has 2 atom stereocenters. The molecule has 18 heavy (non-hydrogen) atoms. The number of thioether (sulfide) groups is 1. The van der Waals surface area contributed by atoms with Gasteiger partial charge in [0, 0.05) is 11.8 Å². The molecule has 1 N–H and O–H groups in total. The van der Waals surface area contributed by atoms with Crippen molar-refractivity contribution in [3.63, 3.8) is 0 Å². The molecule has 2 unspecified atom stereocenters. The van der Waals surface area contributed by atoms with Crippen LogP contribution in [0, 0.1) is 11.7 Å². The molecule has 1 saturated heterocycles. The van der Waals surface area contributed by atoms with E-state index in [1.165, 1.54) is 17.6 Å². The maximum Gasteiger partial charge on any atom is 0.141 e. The summed E-state index contributed by atoms with van der Waals surface area (Å²) in [5.74, 6) is 2.65. The highest BCUT2D eigenvalue weighted by Gasteiger charge is 2.27. The fraction of sp³-hybridized carbons (Fsp3) is 0.571. The maximum atomic E-state index is 13.1. The van der Waals surface area contributed by atoms with E-state index in [2.05, 4.69) is 12.2 Å². The summed E-state index contributed by atoms with van der Waals surface area (Å²) in [6.45, 7) is 3.26. The maximum absolute atomic E-state index is 13.1. The van der Waals surface area contributed by atoms with E-state index in [0.29, 0.717) is 12.0 Å². The van der Waals surface area contributed by atoms with Gasteiger partial charge >= 0.3 is 0 Å². The summed E-state index contributed by atoms with van der Waals surface area (Å²) >= 11 is 7.82. The Balaban J connectivity index is 1.96. The van der Waals surface area contributed by atoms with Crippen LogP contribution in [0.4, 0.5) is 4.39 Å². The number of rotatable bonds is 5. The zero-order chi connectivity index (χ0) is 13.0. The predicted molar refractivity (Wildman–Crippen MR) is 78.0 cm³/mol. The van der Waals surface area contributed by atoms with Crippen molar-refractivity contribution < 1.29 is 4.39 Å². The van der Waals surface area contributed by atoms with Gasteiger partial charge in [-0.3, -0.25) is 0 Å². The van der Waals surface area contributed by atoms with Crippen LogP contribution in [0.2, 0.25) is 5.02 Å². The van der Waals surface area contributed by atoms with Gasteiger partial charge in [-0.2, -0.15) is 11.8 Å². The molecule has 1 aromatic rings. The van der Waals surface area contributed by atoms with E-state index in [0.717, 1.165) is 24.9 Å². The highest BCUT2D eigenvalue weighted by molar-refractivity contribution is 7.99. The Morgan fingerprint density at radius 2 is 2.28 bits per heavy atom. The molecule has 0 aromatic heterocycles. The van der Waals surface area contributed by atoms with Crippen LogP contribution in [0.3, 0.4) is 0 Å². The number of halogens is 2. The van der Waals surface area contributed by atoms with E-state index in [1.807, 2.05) is 17.8 Å². The molecule has 1 aliphatic rings. The number of hydrogen-bond acceptors (Lipinski definition) is 2. The van der Waals surface area contributed by atoms with Gasteiger partial charge in [-0.05, 0) is 48.8 Å². The molecule has 0 bridgehead atoms. The quantitative estimate of drug-likeness (QED) is 0.885. The fourth-order valence-electron chi connectivity index (χ4n) is 2.32. The Morgan fingerprint density at radius 3 is 3.00 bits per heavy atom. The Bertz CT molecular complexity index is 399. The van der Waals surface area contributed by atoms with Gasteiger partial charge in [0.05, 0.1) is 5.02 Å². The van der Waals surface area contributed by atoms with Crippen LogP contribution < -0.4 is 5.32 Å². The van der Waals surface area contributed by atoms with Crippen LogP contribution in [-0.2, 0) is 6.42 Å². The summed E-state index contributed by atoms with van der Waals surface area (Å²) in [5.41, 5.74) is 1.14. The zero-order valence-corrected chi connectivity index (χ0v) is 12.2. The molecule has 1 heterocycles. The van der Waals surface area contributed by atoms with Gasteiger partial charge in [-0.1, -0.05) is 24.6 Å². The lowest BCUT2D eigenvalue weighted by atomic mass is 9.95. The van der Waals surface area contributed by atoms with Crippen LogP contribution in [0.5, 0.6) is 0 Å². The monoisotopic (exact) mass is 287 g/mol. The van der Waals surface area contributed by atoms with Gasteiger partial charge in [-0.25, -0.2) is 4.39 Å². The SMILES string of the molecule is CCCNC1CSCC1Cc1ccc(F)c(Cl)c1. The average Bonchev–Trinajstić information content (AvgIpc) is 2.79. The average molecular weight is 288 g/mol. The number of hydrogen-bond donors (Lipinski definition) is 1. The minimum Gasteiger partial charge on any atom is -0.313 e. The van der Waals surface area contributed by atoms with Crippen molar-refractivity contribution in [2.75, 3.05) is 18.1 Å². The van der Waals surface area contributed by atoms with Crippen LogP contribution in [0.25, 0.3) is 0 Å². The molecule has 100 valence electrons. The zero-order valence-electron chi connectivity index (χ0n) is 10.6. The van der Waals surface area contributed by atoms with Gasteiger partial charge in [0.1, 0.15) is 5.82 Å². The first kappa shape index (κ1) is 14.2. The summed E-state index contributed by atoms with van der Waals surface area (Å²) < 4.78 is 13.1. The predicted octanol–water partition coefficient (Wildman–Crippen LogP) is 3.75. The summed E-state index contributed by atoms with van der Waals surface area (Å²) in [5, 5.41) is 3.83. The largest absolute Gasteiger partial charge is 0.313 e.